The molecule has 0 amide bonds. The summed E-state index contributed by atoms with van der Waals surface area (Å²) in [6.07, 6.45) is 4.90. The molecule has 1 aromatic rings. The average molecular weight is 543 g/mol. The van der Waals surface area contributed by atoms with Crippen LogP contribution in [0.2, 0.25) is 0 Å². The van der Waals surface area contributed by atoms with Crippen molar-refractivity contribution in [1.29, 1.82) is 0 Å². The fourth-order valence-corrected chi connectivity index (χ4v) is 8.41. The number of hydrogen-bond donors (Lipinski definition) is 0. The molecule has 0 N–H and O–H groups in total. The Morgan fingerprint density at radius 1 is 1.11 bits per heavy atom. The van der Waals surface area contributed by atoms with E-state index in [-0.39, 0.29) is 36.0 Å². The quantitative estimate of drug-likeness (QED) is 0.369. The van der Waals surface area contributed by atoms with Crippen LogP contribution in [0, 0.1) is 22.7 Å². The van der Waals surface area contributed by atoms with Gasteiger partial charge >= 0.3 is 11.9 Å². The van der Waals surface area contributed by atoms with Crippen molar-refractivity contribution in [2.24, 2.45) is 22.7 Å². The van der Waals surface area contributed by atoms with Gasteiger partial charge in [0.25, 0.3) is 0 Å². The molecule has 0 spiro atoms. The van der Waals surface area contributed by atoms with E-state index in [0.717, 1.165) is 5.57 Å². The highest BCUT2D eigenvalue weighted by atomic mass is 35.5. The Bertz CT molecular complexity index is 1260. The first-order valence-electron chi connectivity index (χ1n) is 13.1. The van der Waals surface area contributed by atoms with Crippen LogP contribution in [0.5, 0.6) is 0 Å². The molecule has 7 atom stereocenters. The third kappa shape index (κ3) is 3.64. The number of ketones is 2. The van der Waals surface area contributed by atoms with E-state index in [4.69, 9.17) is 21.1 Å². The van der Waals surface area contributed by atoms with E-state index in [1.807, 2.05) is 13.8 Å². The van der Waals surface area contributed by atoms with Gasteiger partial charge in [-0.1, -0.05) is 43.7 Å². The molecule has 0 radical (unpaired) electrons. The number of carbonyl (C=O) groups is 4. The van der Waals surface area contributed by atoms with Crippen LogP contribution in [0.1, 0.15) is 63.2 Å². The van der Waals surface area contributed by atoms with Crippen molar-refractivity contribution in [1.82, 2.24) is 0 Å². The lowest BCUT2D eigenvalue weighted by molar-refractivity contribution is -0.173. The van der Waals surface area contributed by atoms with Crippen LogP contribution < -0.4 is 0 Å². The molecule has 202 valence electrons. The summed E-state index contributed by atoms with van der Waals surface area (Å²) in [6, 6.07) is 8.34. The summed E-state index contributed by atoms with van der Waals surface area (Å²) in [6.45, 7) is 4.33. The van der Waals surface area contributed by atoms with E-state index in [2.05, 4.69) is 0 Å². The third-order valence-corrected chi connectivity index (χ3v) is 10.8. The maximum Gasteiger partial charge on any atom is 0.339 e. The second-order valence-electron chi connectivity index (χ2n) is 11.5. The molecule has 38 heavy (non-hydrogen) atoms. The van der Waals surface area contributed by atoms with Gasteiger partial charge in [-0.15, -0.1) is 11.6 Å². The third-order valence-electron chi connectivity index (χ3n) is 9.85. The van der Waals surface area contributed by atoms with Gasteiger partial charge in [0, 0.05) is 17.8 Å². The first kappa shape index (κ1) is 26.8. The number of fused-ring (bicyclic) bond motifs is 5. The van der Waals surface area contributed by atoms with Gasteiger partial charge in [-0.2, -0.15) is 0 Å². The number of benzene rings is 1. The summed E-state index contributed by atoms with van der Waals surface area (Å²) in [5.74, 6) is -2.57. The number of halogens is 2. The number of alkyl halides is 2. The average Bonchev–Trinajstić information content (AvgIpc) is 3.16. The van der Waals surface area contributed by atoms with Gasteiger partial charge in [0.2, 0.25) is 5.78 Å². The molecule has 6 nitrogen and oxygen atoms in total. The lowest BCUT2D eigenvalue weighted by Crippen LogP contribution is -2.68. The second-order valence-corrected chi connectivity index (χ2v) is 12.2. The summed E-state index contributed by atoms with van der Waals surface area (Å²) in [5.41, 5.74) is -2.52. The molecule has 4 aliphatic rings. The van der Waals surface area contributed by atoms with Crippen LogP contribution in [-0.2, 0) is 23.9 Å². The summed E-state index contributed by atoms with van der Waals surface area (Å²) in [4.78, 5) is 49.5. The predicted octanol–water partition coefficient (Wildman–Crippen LogP) is 5.33. The van der Waals surface area contributed by atoms with Crippen LogP contribution in [0.15, 0.2) is 54.1 Å². The Morgan fingerprint density at radius 3 is 2.50 bits per heavy atom. The number of allylic oxidation sites excluding steroid dienone is 4. The largest absolute Gasteiger partial charge is 0.458 e. The monoisotopic (exact) mass is 542 g/mol. The lowest BCUT2D eigenvalue weighted by atomic mass is 9.46. The van der Waals surface area contributed by atoms with E-state index >= 15 is 4.39 Å². The fraction of sp³-hybridized carbons (Fsp3) is 0.533. The lowest BCUT2D eigenvalue weighted by Gasteiger charge is -2.63. The fourth-order valence-electron chi connectivity index (χ4n) is 7.89. The zero-order valence-electron chi connectivity index (χ0n) is 21.8. The molecule has 8 heteroatoms. The molecule has 0 heterocycles. The minimum Gasteiger partial charge on any atom is -0.458 e. The van der Waals surface area contributed by atoms with Crippen molar-refractivity contribution >= 4 is 35.1 Å². The number of rotatable bonds is 5. The topological polar surface area (TPSA) is 86.7 Å². The Hall–Kier alpha value is -2.80. The standard InChI is InChI=1S/C30H32ClFO6/c1-18(33)37-17-25(35)29(38-26(36)19-7-5-4-6-8-19)14-12-22-23-10-9-20-15-21(34)11-13-27(20,2)30(23,31)24(32)16-28(22,29)3/h4-8,11,13,15,22-24H,9-10,12,14,16-17H2,1-3H3/t22-,23-,24?,27-,28-,29-,30-/m0/s1. The van der Waals surface area contributed by atoms with Gasteiger partial charge in [0.1, 0.15) is 6.17 Å². The van der Waals surface area contributed by atoms with Crippen LogP contribution in [-0.4, -0.2) is 46.8 Å². The molecule has 0 aliphatic heterocycles. The smallest absolute Gasteiger partial charge is 0.339 e. The molecular weight excluding hydrogens is 511 g/mol. The van der Waals surface area contributed by atoms with Crippen molar-refractivity contribution in [3.63, 3.8) is 0 Å². The van der Waals surface area contributed by atoms with E-state index in [1.165, 1.54) is 13.0 Å². The maximum absolute atomic E-state index is 16.7. The van der Waals surface area contributed by atoms with Crippen molar-refractivity contribution in [3.05, 3.63) is 59.7 Å². The summed E-state index contributed by atoms with van der Waals surface area (Å²) in [7, 11) is 0. The zero-order chi connectivity index (χ0) is 27.5. The van der Waals surface area contributed by atoms with Gasteiger partial charge < -0.3 is 9.47 Å². The normalized spacial score (nSPS) is 39.3. The summed E-state index contributed by atoms with van der Waals surface area (Å²) >= 11 is 7.36. The van der Waals surface area contributed by atoms with E-state index in [9.17, 15) is 19.2 Å². The van der Waals surface area contributed by atoms with E-state index in [0.29, 0.717) is 19.3 Å². The minimum absolute atomic E-state index is 0.115. The molecule has 5 rings (SSSR count). The molecular formula is C30H32ClFO6. The van der Waals surface area contributed by atoms with Gasteiger partial charge in [0.05, 0.1) is 10.4 Å². The van der Waals surface area contributed by atoms with Crippen LogP contribution in [0.4, 0.5) is 4.39 Å². The zero-order valence-corrected chi connectivity index (χ0v) is 22.6. The first-order valence-corrected chi connectivity index (χ1v) is 13.5. The first-order chi connectivity index (χ1) is 17.9. The van der Waals surface area contributed by atoms with Crippen molar-refractivity contribution in [3.8, 4) is 0 Å². The highest BCUT2D eigenvalue weighted by Gasteiger charge is 2.75. The Kier molecular flexibility index (Phi) is 6.45. The SMILES string of the molecule is CC(=O)OCC(=O)[C@@]1(OC(=O)c2ccccc2)CC[C@H]2[C@@H]3CCC4=CC(=O)C=C[C@]4(C)[C@@]3(Cl)C(F)C[C@@]21C. The highest BCUT2D eigenvalue weighted by Crippen LogP contribution is 2.71. The van der Waals surface area contributed by atoms with Crippen molar-refractivity contribution < 1.29 is 33.0 Å². The Balaban J connectivity index is 1.57. The van der Waals surface area contributed by atoms with Gasteiger partial charge in [-0.05, 0) is 68.2 Å². The van der Waals surface area contributed by atoms with Crippen LogP contribution in [0.3, 0.4) is 0 Å². The number of Topliss-reactive ketones (excluding diaryl/α,β-unsaturated/α-hetero) is 1. The second kappa shape index (κ2) is 9.15. The number of esters is 2. The van der Waals surface area contributed by atoms with Gasteiger partial charge in [-0.25, -0.2) is 9.18 Å². The maximum atomic E-state index is 16.7. The Labute approximate surface area is 226 Å². The predicted molar refractivity (Wildman–Crippen MR) is 138 cm³/mol. The molecule has 0 bridgehead atoms. The molecule has 0 aromatic heterocycles. The van der Waals surface area contributed by atoms with Gasteiger partial charge in [0.15, 0.2) is 18.0 Å². The number of carbonyl (C=O) groups excluding carboxylic acids is 4. The molecule has 3 fully saturated rings. The van der Waals surface area contributed by atoms with Crippen LogP contribution >= 0.6 is 11.6 Å². The number of ether oxygens (including phenoxy) is 2. The molecule has 0 saturated heterocycles. The molecule has 1 unspecified atom stereocenters. The van der Waals surface area contributed by atoms with Gasteiger partial charge in [-0.3, -0.25) is 14.4 Å². The van der Waals surface area contributed by atoms with E-state index < -0.39 is 51.8 Å². The summed E-state index contributed by atoms with van der Waals surface area (Å²) < 4.78 is 27.8. The molecule has 1 aromatic carbocycles. The molecule has 3 saturated carbocycles. The minimum atomic E-state index is -1.68. The summed E-state index contributed by atoms with van der Waals surface area (Å²) in [5, 5.41) is 0. The van der Waals surface area contributed by atoms with Crippen molar-refractivity contribution in [2.45, 2.75) is 69.5 Å². The van der Waals surface area contributed by atoms with Crippen LogP contribution in [0.25, 0.3) is 0 Å². The van der Waals surface area contributed by atoms with E-state index in [1.54, 1.807) is 42.5 Å². The number of hydrogen-bond acceptors (Lipinski definition) is 6. The van der Waals surface area contributed by atoms with Crippen molar-refractivity contribution in [2.75, 3.05) is 6.61 Å². The highest BCUT2D eigenvalue weighted by molar-refractivity contribution is 6.26. The Morgan fingerprint density at radius 2 is 1.82 bits per heavy atom. The molecule has 4 aliphatic carbocycles.